The monoisotopic (exact) mass is 270 g/mol. The lowest BCUT2D eigenvalue weighted by Crippen LogP contribution is -2.25. The standard InChI is InChI=1S/C15H18N4O/c1-20-13-8-7-12(18-19-13)14(16)11-6-2-4-10-5-3-9-17-15(10)11/h3,5,7-9,11,14H,2,4,6,16H2,1H3. The average Bonchev–Trinajstić information content (AvgIpc) is 2.54. The molecule has 0 aliphatic heterocycles. The van der Waals surface area contributed by atoms with Crippen molar-refractivity contribution in [3.63, 3.8) is 0 Å². The minimum absolute atomic E-state index is 0.178. The maximum absolute atomic E-state index is 6.39. The molecule has 20 heavy (non-hydrogen) atoms. The molecule has 2 heterocycles. The Balaban J connectivity index is 1.89. The van der Waals surface area contributed by atoms with Gasteiger partial charge in [0.05, 0.1) is 18.8 Å². The number of hydrogen-bond acceptors (Lipinski definition) is 5. The molecule has 1 aliphatic carbocycles. The van der Waals surface area contributed by atoms with E-state index in [2.05, 4.69) is 21.2 Å². The summed E-state index contributed by atoms with van der Waals surface area (Å²) >= 11 is 0. The van der Waals surface area contributed by atoms with Gasteiger partial charge in [-0.3, -0.25) is 4.98 Å². The number of fused-ring (bicyclic) bond motifs is 1. The molecule has 0 saturated heterocycles. The second-order valence-corrected chi connectivity index (χ2v) is 5.07. The summed E-state index contributed by atoms with van der Waals surface area (Å²) in [7, 11) is 1.57. The number of methoxy groups -OCH3 is 1. The maximum atomic E-state index is 6.39. The van der Waals surface area contributed by atoms with Crippen molar-refractivity contribution < 1.29 is 4.74 Å². The Morgan fingerprint density at radius 2 is 2.20 bits per heavy atom. The number of rotatable bonds is 3. The van der Waals surface area contributed by atoms with E-state index in [1.165, 1.54) is 5.56 Å². The number of nitrogens with zero attached hydrogens (tertiary/aromatic N) is 3. The normalized spacial score (nSPS) is 19.2. The van der Waals surface area contributed by atoms with Crippen LogP contribution in [0, 0.1) is 0 Å². The van der Waals surface area contributed by atoms with Crippen molar-refractivity contribution in [3.05, 3.63) is 47.4 Å². The molecule has 5 heteroatoms. The van der Waals surface area contributed by atoms with Crippen LogP contribution in [-0.2, 0) is 6.42 Å². The van der Waals surface area contributed by atoms with Crippen LogP contribution in [0.1, 0.15) is 41.8 Å². The van der Waals surface area contributed by atoms with Crippen molar-refractivity contribution in [1.29, 1.82) is 0 Å². The Labute approximate surface area is 118 Å². The van der Waals surface area contributed by atoms with E-state index in [4.69, 9.17) is 10.5 Å². The van der Waals surface area contributed by atoms with Gasteiger partial charge in [-0.15, -0.1) is 5.10 Å². The molecular formula is C15H18N4O. The summed E-state index contributed by atoms with van der Waals surface area (Å²) in [5.41, 5.74) is 9.60. The van der Waals surface area contributed by atoms with Crippen LogP contribution < -0.4 is 10.5 Å². The van der Waals surface area contributed by atoms with E-state index < -0.39 is 0 Å². The maximum Gasteiger partial charge on any atom is 0.233 e. The quantitative estimate of drug-likeness (QED) is 0.923. The second-order valence-electron chi connectivity index (χ2n) is 5.07. The third-order valence-electron chi connectivity index (χ3n) is 3.88. The molecule has 104 valence electrons. The molecule has 0 saturated carbocycles. The van der Waals surface area contributed by atoms with Gasteiger partial charge in [-0.2, -0.15) is 5.10 Å². The zero-order valence-electron chi connectivity index (χ0n) is 11.5. The Morgan fingerprint density at radius 1 is 1.30 bits per heavy atom. The van der Waals surface area contributed by atoms with E-state index in [0.29, 0.717) is 5.88 Å². The van der Waals surface area contributed by atoms with Crippen LogP contribution in [0.3, 0.4) is 0 Å². The van der Waals surface area contributed by atoms with Gasteiger partial charge in [0.25, 0.3) is 0 Å². The number of pyridine rings is 1. The van der Waals surface area contributed by atoms with Gasteiger partial charge < -0.3 is 10.5 Å². The predicted molar refractivity (Wildman–Crippen MR) is 75.4 cm³/mol. The second kappa shape index (κ2) is 5.54. The molecule has 0 aromatic carbocycles. The molecule has 2 aromatic heterocycles. The fourth-order valence-electron chi connectivity index (χ4n) is 2.82. The molecule has 2 aromatic rings. The summed E-state index contributed by atoms with van der Waals surface area (Å²) in [4.78, 5) is 4.53. The first-order chi connectivity index (χ1) is 9.79. The lowest BCUT2D eigenvalue weighted by atomic mass is 9.81. The fraction of sp³-hybridized carbons (Fsp3) is 0.400. The van der Waals surface area contributed by atoms with Crippen molar-refractivity contribution in [1.82, 2.24) is 15.2 Å². The van der Waals surface area contributed by atoms with Gasteiger partial charge in [0.1, 0.15) is 0 Å². The largest absolute Gasteiger partial charge is 0.480 e. The van der Waals surface area contributed by atoms with Crippen molar-refractivity contribution >= 4 is 0 Å². The Bertz CT molecular complexity index is 585. The summed E-state index contributed by atoms with van der Waals surface area (Å²) < 4.78 is 5.02. The number of nitrogens with two attached hydrogens (primary N) is 1. The SMILES string of the molecule is COc1ccc(C(N)C2CCCc3cccnc32)nn1. The average molecular weight is 270 g/mol. The van der Waals surface area contributed by atoms with E-state index in [-0.39, 0.29) is 12.0 Å². The van der Waals surface area contributed by atoms with Gasteiger partial charge in [0.2, 0.25) is 5.88 Å². The molecule has 0 spiro atoms. The van der Waals surface area contributed by atoms with Gasteiger partial charge in [0.15, 0.2) is 0 Å². The van der Waals surface area contributed by atoms with E-state index in [1.807, 2.05) is 18.3 Å². The molecule has 0 bridgehead atoms. The third kappa shape index (κ3) is 2.36. The Kier molecular flexibility index (Phi) is 3.60. The summed E-state index contributed by atoms with van der Waals surface area (Å²) in [6.45, 7) is 0. The lowest BCUT2D eigenvalue weighted by Gasteiger charge is -2.28. The molecule has 0 fully saturated rings. The van der Waals surface area contributed by atoms with Crippen LogP contribution in [0.25, 0.3) is 0 Å². The van der Waals surface area contributed by atoms with Gasteiger partial charge in [0, 0.05) is 23.9 Å². The molecule has 2 atom stereocenters. The molecule has 2 unspecified atom stereocenters. The topological polar surface area (TPSA) is 73.9 Å². The third-order valence-corrected chi connectivity index (χ3v) is 3.88. The molecule has 5 nitrogen and oxygen atoms in total. The molecule has 3 rings (SSSR count). The summed E-state index contributed by atoms with van der Waals surface area (Å²) in [6, 6.07) is 7.63. The van der Waals surface area contributed by atoms with E-state index >= 15 is 0 Å². The molecule has 0 radical (unpaired) electrons. The highest BCUT2D eigenvalue weighted by molar-refractivity contribution is 5.29. The van der Waals surface area contributed by atoms with E-state index in [1.54, 1.807) is 13.2 Å². The van der Waals surface area contributed by atoms with Crippen LogP contribution in [0.5, 0.6) is 5.88 Å². The molecular weight excluding hydrogens is 252 g/mol. The van der Waals surface area contributed by atoms with Crippen LogP contribution in [0.15, 0.2) is 30.5 Å². The van der Waals surface area contributed by atoms with Crippen molar-refractivity contribution in [2.24, 2.45) is 5.73 Å². The zero-order chi connectivity index (χ0) is 13.9. The van der Waals surface area contributed by atoms with Gasteiger partial charge >= 0.3 is 0 Å². The highest BCUT2D eigenvalue weighted by atomic mass is 16.5. The van der Waals surface area contributed by atoms with Crippen molar-refractivity contribution in [3.8, 4) is 5.88 Å². The van der Waals surface area contributed by atoms with Crippen molar-refractivity contribution in [2.45, 2.75) is 31.2 Å². The Hall–Kier alpha value is -2.01. The first-order valence-electron chi connectivity index (χ1n) is 6.86. The van der Waals surface area contributed by atoms with Gasteiger partial charge in [-0.05, 0) is 37.0 Å². The smallest absolute Gasteiger partial charge is 0.233 e. The predicted octanol–water partition coefficient (Wildman–Crippen LogP) is 2.00. The number of ether oxygens (including phenoxy) is 1. The first kappa shape index (κ1) is 13.0. The zero-order valence-corrected chi connectivity index (χ0v) is 11.5. The summed E-state index contributed by atoms with van der Waals surface area (Å²) in [5.74, 6) is 0.714. The molecule has 2 N–H and O–H groups in total. The van der Waals surface area contributed by atoms with Crippen LogP contribution in [0.4, 0.5) is 0 Å². The minimum Gasteiger partial charge on any atom is -0.480 e. The fourth-order valence-corrected chi connectivity index (χ4v) is 2.82. The summed E-state index contributed by atoms with van der Waals surface area (Å²) in [5, 5.41) is 8.17. The van der Waals surface area contributed by atoms with Crippen LogP contribution >= 0.6 is 0 Å². The van der Waals surface area contributed by atoms with Crippen LogP contribution in [-0.4, -0.2) is 22.3 Å². The lowest BCUT2D eigenvalue weighted by molar-refractivity contribution is 0.388. The highest BCUT2D eigenvalue weighted by Gasteiger charge is 2.28. The number of aromatic nitrogens is 3. The van der Waals surface area contributed by atoms with Crippen molar-refractivity contribution in [2.75, 3.05) is 7.11 Å². The number of aryl methyl sites for hydroxylation is 1. The molecule has 1 aliphatic rings. The Morgan fingerprint density at radius 3 is 2.95 bits per heavy atom. The summed E-state index contributed by atoms with van der Waals surface area (Å²) in [6.07, 6.45) is 5.10. The van der Waals surface area contributed by atoms with Gasteiger partial charge in [-0.25, -0.2) is 0 Å². The number of hydrogen-bond donors (Lipinski definition) is 1. The van der Waals surface area contributed by atoms with E-state index in [0.717, 1.165) is 30.7 Å². The highest BCUT2D eigenvalue weighted by Crippen LogP contribution is 2.37. The van der Waals surface area contributed by atoms with E-state index in [9.17, 15) is 0 Å². The first-order valence-corrected chi connectivity index (χ1v) is 6.86. The van der Waals surface area contributed by atoms with Crippen LogP contribution in [0.2, 0.25) is 0 Å². The molecule has 0 amide bonds. The van der Waals surface area contributed by atoms with Gasteiger partial charge in [-0.1, -0.05) is 6.07 Å². The minimum atomic E-state index is -0.178.